The van der Waals surface area contributed by atoms with Crippen molar-refractivity contribution in [2.45, 2.75) is 18.4 Å². The third-order valence-electron chi connectivity index (χ3n) is 3.83. The number of benzene rings is 1. The normalized spacial score (nSPS) is 19.0. The number of anilines is 1. The van der Waals surface area contributed by atoms with Crippen LogP contribution in [-0.2, 0) is 0 Å². The van der Waals surface area contributed by atoms with Crippen molar-refractivity contribution in [2.24, 2.45) is 0 Å². The van der Waals surface area contributed by atoms with Gasteiger partial charge >= 0.3 is 0 Å². The molecule has 1 aliphatic rings. The van der Waals surface area contributed by atoms with Gasteiger partial charge in [0.1, 0.15) is 11.6 Å². The van der Waals surface area contributed by atoms with Crippen LogP contribution in [0.15, 0.2) is 55.3 Å². The minimum absolute atomic E-state index is 0.173. The molecular formula is C18H18FN3O. The Kier molecular flexibility index (Phi) is 4.37. The van der Waals surface area contributed by atoms with Gasteiger partial charge in [0.25, 0.3) is 5.91 Å². The molecule has 1 fully saturated rings. The lowest BCUT2D eigenvalue weighted by Crippen LogP contribution is -2.23. The van der Waals surface area contributed by atoms with Crippen LogP contribution in [0.3, 0.4) is 0 Å². The molecule has 0 radical (unpaired) electrons. The molecule has 1 aliphatic carbocycles. The van der Waals surface area contributed by atoms with E-state index in [2.05, 4.69) is 22.2 Å². The molecule has 0 aliphatic heterocycles. The van der Waals surface area contributed by atoms with Gasteiger partial charge in [-0.05, 0) is 36.2 Å². The second-order valence-corrected chi connectivity index (χ2v) is 5.58. The van der Waals surface area contributed by atoms with Crippen molar-refractivity contribution in [3.63, 3.8) is 0 Å². The Labute approximate surface area is 134 Å². The van der Waals surface area contributed by atoms with Crippen LogP contribution in [0.1, 0.15) is 28.3 Å². The third-order valence-corrected chi connectivity index (χ3v) is 3.83. The highest BCUT2D eigenvalue weighted by Crippen LogP contribution is 2.42. The number of aromatic nitrogens is 1. The van der Waals surface area contributed by atoms with Gasteiger partial charge in [0.15, 0.2) is 0 Å². The molecule has 4 nitrogen and oxygen atoms in total. The predicted molar refractivity (Wildman–Crippen MR) is 87.9 cm³/mol. The molecule has 0 spiro atoms. The summed E-state index contributed by atoms with van der Waals surface area (Å²) in [6, 6.07) is 10.5. The van der Waals surface area contributed by atoms with Gasteiger partial charge in [0, 0.05) is 24.7 Å². The van der Waals surface area contributed by atoms with Crippen LogP contribution >= 0.6 is 0 Å². The predicted octanol–water partition coefficient (Wildman–Crippen LogP) is 3.10. The van der Waals surface area contributed by atoms with Crippen molar-refractivity contribution < 1.29 is 9.18 Å². The maximum atomic E-state index is 13.2. The second kappa shape index (κ2) is 6.60. The summed E-state index contributed by atoms with van der Waals surface area (Å²) in [5.74, 6) is 0.645. The second-order valence-electron chi connectivity index (χ2n) is 5.58. The summed E-state index contributed by atoms with van der Waals surface area (Å²) in [4.78, 5) is 16.0. The zero-order chi connectivity index (χ0) is 16.2. The number of pyridine rings is 1. The molecule has 23 heavy (non-hydrogen) atoms. The van der Waals surface area contributed by atoms with E-state index < -0.39 is 0 Å². The fourth-order valence-electron chi connectivity index (χ4n) is 2.53. The van der Waals surface area contributed by atoms with Crippen molar-refractivity contribution >= 4 is 11.7 Å². The van der Waals surface area contributed by atoms with Gasteiger partial charge in [0.05, 0.1) is 5.56 Å². The fourth-order valence-corrected chi connectivity index (χ4v) is 2.53. The van der Waals surface area contributed by atoms with Crippen molar-refractivity contribution in [2.75, 3.05) is 11.9 Å². The summed E-state index contributed by atoms with van der Waals surface area (Å²) in [6.45, 7) is 3.98. The van der Waals surface area contributed by atoms with Crippen molar-refractivity contribution in [1.82, 2.24) is 10.3 Å². The maximum Gasteiger partial charge on any atom is 0.253 e. The van der Waals surface area contributed by atoms with Crippen molar-refractivity contribution in [1.29, 1.82) is 0 Å². The minimum Gasteiger partial charge on any atom is -0.367 e. The number of nitrogens with one attached hydrogen (secondary N) is 2. The van der Waals surface area contributed by atoms with Gasteiger partial charge in [-0.25, -0.2) is 9.37 Å². The number of amides is 1. The average Bonchev–Trinajstić information content (AvgIpc) is 3.32. The summed E-state index contributed by atoms with van der Waals surface area (Å²) >= 11 is 0. The average molecular weight is 311 g/mol. The first kappa shape index (κ1) is 15.2. The highest BCUT2D eigenvalue weighted by molar-refractivity contribution is 5.94. The Bertz CT molecular complexity index is 714. The number of rotatable bonds is 6. The van der Waals surface area contributed by atoms with Gasteiger partial charge in [-0.15, -0.1) is 6.58 Å². The highest BCUT2D eigenvalue weighted by atomic mass is 19.1. The Morgan fingerprint density at radius 2 is 2.26 bits per heavy atom. The third kappa shape index (κ3) is 3.74. The van der Waals surface area contributed by atoms with Crippen LogP contribution in [0.4, 0.5) is 10.2 Å². The first-order chi connectivity index (χ1) is 11.2. The summed E-state index contributed by atoms with van der Waals surface area (Å²) in [6.07, 6.45) is 4.12. The SMILES string of the molecule is C=CCNC(=O)c1ccc(N[C@@H]2C[C@H]2c2cccc(F)c2)nc1. The van der Waals surface area contributed by atoms with Gasteiger partial charge in [-0.2, -0.15) is 0 Å². The Hall–Kier alpha value is -2.69. The first-order valence-electron chi connectivity index (χ1n) is 7.54. The summed E-state index contributed by atoms with van der Waals surface area (Å²) < 4.78 is 13.2. The molecule has 118 valence electrons. The molecule has 2 atom stereocenters. The lowest BCUT2D eigenvalue weighted by Gasteiger charge is -2.07. The van der Waals surface area contributed by atoms with Gasteiger partial charge in [0.2, 0.25) is 0 Å². The number of carbonyl (C=O) groups excluding carboxylic acids is 1. The van der Waals surface area contributed by atoms with Crippen LogP contribution in [0.25, 0.3) is 0 Å². The molecule has 0 bridgehead atoms. The summed E-state index contributed by atoms with van der Waals surface area (Å²) in [5.41, 5.74) is 1.51. The highest BCUT2D eigenvalue weighted by Gasteiger charge is 2.38. The quantitative estimate of drug-likeness (QED) is 0.806. The van der Waals surface area contributed by atoms with E-state index in [1.165, 1.54) is 6.07 Å². The van der Waals surface area contributed by atoms with Crippen LogP contribution < -0.4 is 10.6 Å². The molecule has 2 aromatic rings. The van der Waals surface area contributed by atoms with E-state index in [1.54, 1.807) is 36.5 Å². The van der Waals surface area contributed by atoms with Crippen molar-refractivity contribution in [3.05, 3.63) is 72.2 Å². The smallest absolute Gasteiger partial charge is 0.253 e. The molecular weight excluding hydrogens is 293 g/mol. The molecule has 5 heteroatoms. The van der Waals surface area contributed by atoms with E-state index in [0.29, 0.717) is 23.8 Å². The molecule has 1 aromatic heterocycles. The van der Waals surface area contributed by atoms with Crippen LogP contribution in [0.5, 0.6) is 0 Å². The molecule has 0 saturated heterocycles. The standard InChI is InChI=1S/C18H18FN3O/c1-2-8-20-18(23)13-6-7-17(21-11-13)22-16-10-15(16)12-4-3-5-14(19)9-12/h2-7,9,11,15-16H,1,8,10H2,(H,20,23)(H,21,22)/t15-,16+/m0/s1. The van der Waals surface area contributed by atoms with Crippen molar-refractivity contribution in [3.8, 4) is 0 Å². The van der Waals surface area contributed by atoms with E-state index in [1.807, 2.05) is 6.07 Å². The molecule has 2 N–H and O–H groups in total. The van der Waals surface area contributed by atoms with Gasteiger partial charge in [-0.1, -0.05) is 18.2 Å². The number of carbonyl (C=O) groups is 1. The molecule has 1 amide bonds. The molecule has 0 unspecified atom stereocenters. The number of hydrogen-bond donors (Lipinski definition) is 2. The minimum atomic E-state index is -0.207. The van der Waals surface area contributed by atoms with E-state index in [9.17, 15) is 9.18 Å². The maximum absolute atomic E-state index is 13.2. The Morgan fingerprint density at radius 3 is 2.96 bits per heavy atom. The molecule has 3 rings (SSSR count). The fraction of sp³-hybridized carbons (Fsp3) is 0.222. The largest absolute Gasteiger partial charge is 0.367 e. The summed E-state index contributed by atoms with van der Waals surface area (Å²) in [5, 5.41) is 6.01. The Morgan fingerprint density at radius 1 is 1.39 bits per heavy atom. The number of halogens is 1. The Balaban J connectivity index is 1.57. The topological polar surface area (TPSA) is 54.0 Å². The number of nitrogens with zero attached hydrogens (tertiary/aromatic N) is 1. The number of hydrogen-bond acceptors (Lipinski definition) is 3. The molecule has 1 heterocycles. The van der Waals surface area contributed by atoms with Crippen LogP contribution in [0.2, 0.25) is 0 Å². The zero-order valence-corrected chi connectivity index (χ0v) is 12.6. The molecule has 1 saturated carbocycles. The van der Waals surface area contributed by atoms with E-state index in [0.717, 1.165) is 12.0 Å². The van der Waals surface area contributed by atoms with Crippen LogP contribution in [0, 0.1) is 5.82 Å². The molecule has 1 aromatic carbocycles. The lowest BCUT2D eigenvalue weighted by atomic mass is 10.1. The van der Waals surface area contributed by atoms with E-state index in [-0.39, 0.29) is 17.8 Å². The lowest BCUT2D eigenvalue weighted by molar-refractivity contribution is 0.0957. The van der Waals surface area contributed by atoms with Gasteiger partial charge in [-0.3, -0.25) is 4.79 Å². The first-order valence-corrected chi connectivity index (χ1v) is 7.54. The van der Waals surface area contributed by atoms with E-state index in [4.69, 9.17) is 0 Å². The zero-order valence-electron chi connectivity index (χ0n) is 12.6. The monoisotopic (exact) mass is 311 g/mol. The van der Waals surface area contributed by atoms with Gasteiger partial charge < -0.3 is 10.6 Å². The van der Waals surface area contributed by atoms with E-state index >= 15 is 0 Å². The van der Waals surface area contributed by atoms with Crippen LogP contribution in [-0.4, -0.2) is 23.5 Å². The summed E-state index contributed by atoms with van der Waals surface area (Å²) in [7, 11) is 0.